The summed E-state index contributed by atoms with van der Waals surface area (Å²) < 4.78 is 0. The summed E-state index contributed by atoms with van der Waals surface area (Å²) in [6.45, 7) is 2.23. The summed E-state index contributed by atoms with van der Waals surface area (Å²) >= 11 is 2.02. The van der Waals surface area contributed by atoms with Crippen LogP contribution in [0.15, 0.2) is 18.2 Å². The predicted octanol–water partition coefficient (Wildman–Crippen LogP) is 3.06. The quantitative estimate of drug-likeness (QED) is 0.831. The van der Waals surface area contributed by atoms with Gasteiger partial charge in [-0.2, -0.15) is 11.8 Å². The standard InChI is InChI=1S/C15H23NS/c1-3-17-11-15(16-2)10-12-7-8-13-5-4-6-14(13)9-12/h7-9,15-16H,3-6,10-11H2,1-2H3. The molecule has 1 nitrogen and oxygen atoms in total. The van der Waals surface area contributed by atoms with Crippen LogP contribution in [0.4, 0.5) is 0 Å². The van der Waals surface area contributed by atoms with Crippen molar-refractivity contribution in [2.24, 2.45) is 0 Å². The monoisotopic (exact) mass is 249 g/mol. The molecule has 1 atom stereocenters. The molecule has 1 N–H and O–H groups in total. The van der Waals surface area contributed by atoms with Crippen LogP contribution < -0.4 is 5.32 Å². The van der Waals surface area contributed by atoms with Crippen molar-refractivity contribution in [1.29, 1.82) is 0 Å². The summed E-state index contributed by atoms with van der Waals surface area (Å²) in [4.78, 5) is 0. The zero-order valence-corrected chi connectivity index (χ0v) is 11.8. The van der Waals surface area contributed by atoms with Crippen molar-refractivity contribution < 1.29 is 0 Å². The molecule has 0 spiro atoms. The number of thioether (sulfide) groups is 1. The van der Waals surface area contributed by atoms with Gasteiger partial charge in [-0.15, -0.1) is 0 Å². The van der Waals surface area contributed by atoms with E-state index in [9.17, 15) is 0 Å². The van der Waals surface area contributed by atoms with E-state index in [0.717, 1.165) is 6.42 Å². The molecule has 0 saturated heterocycles. The second-order valence-electron chi connectivity index (χ2n) is 4.81. The number of hydrogen-bond acceptors (Lipinski definition) is 2. The molecule has 0 fully saturated rings. The Hall–Kier alpha value is -0.470. The average molecular weight is 249 g/mol. The lowest BCUT2D eigenvalue weighted by molar-refractivity contribution is 0.617. The first-order chi connectivity index (χ1) is 8.33. The molecule has 0 amide bonds. The molecule has 0 bridgehead atoms. The van der Waals surface area contributed by atoms with E-state index in [4.69, 9.17) is 0 Å². The van der Waals surface area contributed by atoms with Gasteiger partial charge in [0.15, 0.2) is 0 Å². The topological polar surface area (TPSA) is 12.0 Å². The number of nitrogens with one attached hydrogen (secondary N) is 1. The van der Waals surface area contributed by atoms with Crippen LogP contribution in [0.2, 0.25) is 0 Å². The van der Waals surface area contributed by atoms with Gasteiger partial charge < -0.3 is 5.32 Å². The molecule has 1 unspecified atom stereocenters. The van der Waals surface area contributed by atoms with E-state index in [1.165, 1.54) is 36.3 Å². The van der Waals surface area contributed by atoms with E-state index < -0.39 is 0 Å². The van der Waals surface area contributed by atoms with E-state index in [1.807, 2.05) is 11.8 Å². The Labute approximate surface area is 109 Å². The maximum Gasteiger partial charge on any atom is 0.0195 e. The molecule has 0 saturated carbocycles. The SMILES string of the molecule is CCSCC(Cc1ccc2c(c1)CCC2)NC. The maximum absolute atomic E-state index is 3.43. The minimum Gasteiger partial charge on any atom is -0.316 e. The molecular formula is C15H23NS. The Kier molecular flexibility index (Phi) is 4.93. The van der Waals surface area contributed by atoms with E-state index >= 15 is 0 Å². The first-order valence-corrected chi connectivity index (χ1v) is 7.84. The molecule has 1 aromatic rings. The lowest BCUT2D eigenvalue weighted by Crippen LogP contribution is -2.30. The molecular weight excluding hydrogens is 226 g/mol. The Morgan fingerprint density at radius 1 is 1.29 bits per heavy atom. The highest BCUT2D eigenvalue weighted by atomic mass is 32.2. The Morgan fingerprint density at radius 2 is 2.12 bits per heavy atom. The van der Waals surface area contributed by atoms with Gasteiger partial charge in [-0.25, -0.2) is 0 Å². The smallest absolute Gasteiger partial charge is 0.0195 e. The molecule has 1 aromatic carbocycles. The summed E-state index contributed by atoms with van der Waals surface area (Å²) in [6.07, 6.45) is 5.09. The normalized spacial score (nSPS) is 15.9. The fraction of sp³-hybridized carbons (Fsp3) is 0.600. The number of rotatable bonds is 6. The Bertz CT molecular complexity index is 362. The lowest BCUT2D eigenvalue weighted by atomic mass is 10.0. The number of aryl methyl sites for hydroxylation is 2. The third-order valence-electron chi connectivity index (χ3n) is 3.58. The highest BCUT2D eigenvalue weighted by Crippen LogP contribution is 2.23. The largest absolute Gasteiger partial charge is 0.316 e. The van der Waals surface area contributed by atoms with Crippen LogP contribution >= 0.6 is 11.8 Å². The Morgan fingerprint density at radius 3 is 2.88 bits per heavy atom. The van der Waals surface area contributed by atoms with Crippen LogP contribution in [-0.2, 0) is 19.3 Å². The number of hydrogen-bond donors (Lipinski definition) is 1. The first kappa shape index (κ1) is 13.0. The van der Waals surface area contributed by atoms with Gasteiger partial charge >= 0.3 is 0 Å². The highest BCUT2D eigenvalue weighted by molar-refractivity contribution is 7.99. The molecule has 2 rings (SSSR count). The van der Waals surface area contributed by atoms with Gasteiger partial charge in [-0.05, 0) is 55.2 Å². The summed E-state index contributed by atoms with van der Waals surface area (Å²) in [5.74, 6) is 2.42. The Balaban J connectivity index is 1.97. The van der Waals surface area contributed by atoms with E-state index in [-0.39, 0.29) is 0 Å². The second-order valence-corrected chi connectivity index (χ2v) is 6.12. The van der Waals surface area contributed by atoms with Crippen LogP contribution in [0.5, 0.6) is 0 Å². The van der Waals surface area contributed by atoms with Crippen LogP contribution in [0, 0.1) is 0 Å². The van der Waals surface area contributed by atoms with Crippen LogP contribution in [0.1, 0.15) is 30.0 Å². The molecule has 0 aliphatic heterocycles. The molecule has 0 aromatic heterocycles. The summed E-state index contributed by atoms with van der Waals surface area (Å²) in [7, 11) is 2.08. The van der Waals surface area contributed by atoms with Gasteiger partial charge in [-0.3, -0.25) is 0 Å². The van der Waals surface area contributed by atoms with Crippen molar-refractivity contribution in [2.75, 3.05) is 18.6 Å². The van der Waals surface area contributed by atoms with Crippen molar-refractivity contribution >= 4 is 11.8 Å². The number of likely N-dealkylation sites (N-methyl/N-ethyl adjacent to an activating group) is 1. The van der Waals surface area contributed by atoms with Crippen LogP contribution in [0.25, 0.3) is 0 Å². The maximum atomic E-state index is 3.43. The number of benzene rings is 1. The van der Waals surface area contributed by atoms with Gasteiger partial charge in [0.1, 0.15) is 0 Å². The van der Waals surface area contributed by atoms with Crippen molar-refractivity contribution in [3.8, 4) is 0 Å². The zero-order chi connectivity index (χ0) is 12.1. The van der Waals surface area contributed by atoms with E-state index in [1.54, 1.807) is 11.1 Å². The van der Waals surface area contributed by atoms with E-state index in [0.29, 0.717) is 6.04 Å². The summed E-state index contributed by atoms with van der Waals surface area (Å²) in [5, 5.41) is 3.43. The van der Waals surface area contributed by atoms with Crippen LogP contribution in [-0.4, -0.2) is 24.6 Å². The van der Waals surface area contributed by atoms with Gasteiger partial charge in [0, 0.05) is 11.8 Å². The molecule has 2 heteroatoms. The molecule has 1 aliphatic rings. The first-order valence-electron chi connectivity index (χ1n) is 6.69. The molecule has 0 radical (unpaired) electrons. The molecule has 1 aliphatic carbocycles. The van der Waals surface area contributed by atoms with Crippen molar-refractivity contribution in [2.45, 2.75) is 38.6 Å². The third kappa shape index (κ3) is 3.49. The minimum absolute atomic E-state index is 0.611. The van der Waals surface area contributed by atoms with Gasteiger partial charge in [0.05, 0.1) is 0 Å². The van der Waals surface area contributed by atoms with Crippen LogP contribution in [0.3, 0.4) is 0 Å². The van der Waals surface area contributed by atoms with Gasteiger partial charge in [-0.1, -0.05) is 25.1 Å². The fourth-order valence-corrected chi connectivity index (χ4v) is 3.35. The highest BCUT2D eigenvalue weighted by Gasteiger charge is 2.12. The number of fused-ring (bicyclic) bond motifs is 1. The van der Waals surface area contributed by atoms with Crippen molar-refractivity contribution in [1.82, 2.24) is 5.32 Å². The molecule has 17 heavy (non-hydrogen) atoms. The van der Waals surface area contributed by atoms with Gasteiger partial charge in [0.25, 0.3) is 0 Å². The van der Waals surface area contributed by atoms with E-state index in [2.05, 4.69) is 37.5 Å². The minimum atomic E-state index is 0.611. The second kappa shape index (κ2) is 6.46. The average Bonchev–Trinajstić information content (AvgIpc) is 2.81. The third-order valence-corrected chi connectivity index (χ3v) is 4.62. The molecule has 0 heterocycles. The van der Waals surface area contributed by atoms with Crippen molar-refractivity contribution in [3.63, 3.8) is 0 Å². The molecule has 94 valence electrons. The lowest BCUT2D eigenvalue weighted by Gasteiger charge is -2.16. The predicted molar refractivity (Wildman–Crippen MR) is 78.0 cm³/mol. The zero-order valence-electron chi connectivity index (χ0n) is 11.0. The van der Waals surface area contributed by atoms with Gasteiger partial charge in [0.2, 0.25) is 0 Å². The fourth-order valence-electron chi connectivity index (χ4n) is 2.54. The summed E-state index contributed by atoms with van der Waals surface area (Å²) in [6, 6.07) is 7.71. The van der Waals surface area contributed by atoms with Crippen molar-refractivity contribution in [3.05, 3.63) is 34.9 Å². The summed E-state index contributed by atoms with van der Waals surface area (Å²) in [5.41, 5.74) is 4.68.